The molecule has 7 heteroatoms. The summed E-state index contributed by atoms with van der Waals surface area (Å²) in [4.78, 5) is 20.9. The fraction of sp³-hybridized carbons (Fsp3) is 0.647. The third kappa shape index (κ3) is 4.74. The van der Waals surface area contributed by atoms with Crippen molar-refractivity contribution in [2.24, 2.45) is 0 Å². The molecule has 1 aliphatic heterocycles. The largest absolute Gasteiger partial charge is 0.353 e. The van der Waals surface area contributed by atoms with Gasteiger partial charge in [0, 0.05) is 38.4 Å². The van der Waals surface area contributed by atoms with Gasteiger partial charge >= 0.3 is 0 Å². The molecule has 0 spiro atoms. The molecule has 24 heavy (non-hydrogen) atoms. The van der Waals surface area contributed by atoms with Crippen molar-refractivity contribution in [1.82, 2.24) is 15.2 Å². The molecule has 1 amide bonds. The minimum atomic E-state index is 0.151. The van der Waals surface area contributed by atoms with E-state index in [0.717, 1.165) is 44.8 Å². The van der Waals surface area contributed by atoms with E-state index in [1.54, 1.807) is 12.3 Å². The fourth-order valence-electron chi connectivity index (χ4n) is 3.48. The van der Waals surface area contributed by atoms with Gasteiger partial charge in [-0.3, -0.25) is 9.69 Å². The molecule has 2 aliphatic rings. The van der Waals surface area contributed by atoms with E-state index in [4.69, 9.17) is 23.2 Å². The number of pyridine rings is 1. The van der Waals surface area contributed by atoms with Crippen molar-refractivity contribution in [2.45, 2.75) is 38.1 Å². The summed E-state index contributed by atoms with van der Waals surface area (Å²) >= 11 is 12.1. The monoisotopic (exact) mass is 370 g/mol. The molecule has 0 bridgehead atoms. The molecule has 3 rings (SSSR count). The molecule has 1 aromatic heterocycles. The summed E-state index contributed by atoms with van der Waals surface area (Å²) in [5.74, 6) is 0.922. The average molecular weight is 371 g/mol. The van der Waals surface area contributed by atoms with Crippen LogP contribution in [0.25, 0.3) is 0 Å². The Bertz CT molecular complexity index is 570. The zero-order valence-electron chi connectivity index (χ0n) is 13.8. The lowest BCUT2D eigenvalue weighted by atomic mass is 9.95. The van der Waals surface area contributed by atoms with Crippen molar-refractivity contribution in [2.75, 3.05) is 37.6 Å². The van der Waals surface area contributed by atoms with Crippen LogP contribution in [0.1, 0.15) is 32.1 Å². The minimum Gasteiger partial charge on any atom is -0.353 e. The molecule has 0 atom stereocenters. The van der Waals surface area contributed by atoms with Crippen LogP contribution in [0.3, 0.4) is 0 Å². The standard InChI is InChI=1S/C17H24Cl2N4O/c18-13-10-15(19)17(20-11-13)23-8-6-22(7-9-23)12-16(24)21-14-4-2-1-3-5-14/h10-11,14H,1-9,12H2,(H,21,24). The summed E-state index contributed by atoms with van der Waals surface area (Å²) in [6.07, 6.45) is 7.64. The van der Waals surface area contributed by atoms with E-state index in [1.807, 2.05) is 0 Å². The molecule has 0 unspecified atom stereocenters. The highest BCUT2D eigenvalue weighted by Crippen LogP contribution is 2.26. The topological polar surface area (TPSA) is 48.5 Å². The van der Waals surface area contributed by atoms with Gasteiger partial charge in [-0.05, 0) is 18.9 Å². The fourth-order valence-corrected chi connectivity index (χ4v) is 3.98. The summed E-state index contributed by atoms with van der Waals surface area (Å²) in [6.45, 7) is 3.76. The third-order valence-electron chi connectivity index (χ3n) is 4.80. The maximum atomic E-state index is 12.2. The Balaban J connectivity index is 1.45. The first-order chi connectivity index (χ1) is 11.6. The van der Waals surface area contributed by atoms with Crippen LogP contribution in [0, 0.1) is 0 Å². The van der Waals surface area contributed by atoms with Crippen LogP contribution in [0.15, 0.2) is 12.3 Å². The first kappa shape index (κ1) is 17.8. The van der Waals surface area contributed by atoms with Gasteiger partial charge in [-0.1, -0.05) is 42.5 Å². The summed E-state index contributed by atoms with van der Waals surface area (Å²) in [6, 6.07) is 2.10. The number of nitrogens with zero attached hydrogens (tertiary/aromatic N) is 3. The maximum Gasteiger partial charge on any atom is 0.234 e. The van der Waals surface area contributed by atoms with Gasteiger partial charge < -0.3 is 10.2 Å². The first-order valence-corrected chi connectivity index (χ1v) is 9.45. The van der Waals surface area contributed by atoms with Crippen molar-refractivity contribution in [1.29, 1.82) is 0 Å². The number of rotatable bonds is 4. The third-order valence-corrected chi connectivity index (χ3v) is 5.28. The van der Waals surface area contributed by atoms with Crippen molar-refractivity contribution >= 4 is 34.9 Å². The number of nitrogens with one attached hydrogen (secondary N) is 1. The van der Waals surface area contributed by atoms with Gasteiger partial charge in [0.15, 0.2) is 0 Å². The van der Waals surface area contributed by atoms with Crippen LogP contribution in [0.4, 0.5) is 5.82 Å². The van der Waals surface area contributed by atoms with E-state index in [9.17, 15) is 4.79 Å². The molecule has 2 fully saturated rings. The number of carbonyl (C=O) groups is 1. The van der Waals surface area contributed by atoms with Crippen molar-refractivity contribution in [3.05, 3.63) is 22.3 Å². The summed E-state index contributed by atoms with van der Waals surface area (Å²) in [7, 11) is 0. The first-order valence-electron chi connectivity index (χ1n) is 8.69. The number of hydrogen-bond donors (Lipinski definition) is 1. The smallest absolute Gasteiger partial charge is 0.234 e. The molecule has 132 valence electrons. The highest BCUT2D eigenvalue weighted by Gasteiger charge is 2.23. The molecule has 1 saturated heterocycles. The van der Waals surface area contributed by atoms with Crippen LogP contribution in [0.5, 0.6) is 0 Å². The number of halogens is 2. The van der Waals surface area contributed by atoms with Crippen LogP contribution in [-0.2, 0) is 4.79 Å². The molecule has 5 nitrogen and oxygen atoms in total. The Labute approximate surface area is 153 Å². The van der Waals surface area contributed by atoms with Gasteiger partial charge in [0.05, 0.1) is 16.6 Å². The number of anilines is 1. The Morgan fingerprint density at radius 1 is 1.17 bits per heavy atom. The normalized spacial score (nSPS) is 20.2. The van der Waals surface area contributed by atoms with Crippen LogP contribution in [-0.4, -0.2) is 54.6 Å². The highest BCUT2D eigenvalue weighted by atomic mass is 35.5. The summed E-state index contributed by atoms with van der Waals surface area (Å²) < 4.78 is 0. The maximum absolute atomic E-state index is 12.2. The van der Waals surface area contributed by atoms with Crippen molar-refractivity contribution < 1.29 is 4.79 Å². The Kier molecular flexibility index (Phi) is 6.19. The Morgan fingerprint density at radius 3 is 2.54 bits per heavy atom. The lowest BCUT2D eigenvalue weighted by Crippen LogP contribution is -2.51. The van der Waals surface area contributed by atoms with Crippen molar-refractivity contribution in [3.63, 3.8) is 0 Å². The zero-order valence-corrected chi connectivity index (χ0v) is 15.3. The molecule has 1 aromatic rings. The van der Waals surface area contributed by atoms with Gasteiger partial charge in [-0.25, -0.2) is 4.98 Å². The van der Waals surface area contributed by atoms with Gasteiger partial charge in [-0.15, -0.1) is 0 Å². The lowest BCUT2D eigenvalue weighted by Gasteiger charge is -2.35. The highest BCUT2D eigenvalue weighted by molar-refractivity contribution is 6.36. The number of amides is 1. The predicted molar refractivity (Wildman–Crippen MR) is 97.9 cm³/mol. The Morgan fingerprint density at radius 2 is 1.88 bits per heavy atom. The van der Waals surface area contributed by atoms with Crippen LogP contribution in [0.2, 0.25) is 10.0 Å². The van der Waals surface area contributed by atoms with Gasteiger partial charge in [0.1, 0.15) is 5.82 Å². The molecule has 2 heterocycles. The van der Waals surface area contributed by atoms with E-state index in [0.29, 0.717) is 22.6 Å². The molecular formula is C17H24Cl2N4O. The number of aromatic nitrogens is 1. The van der Waals surface area contributed by atoms with Crippen LogP contribution < -0.4 is 10.2 Å². The molecule has 1 aliphatic carbocycles. The predicted octanol–water partition coefficient (Wildman–Crippen LogP) is 2.96. The van der Waals surface area contributed by atoms with Crippen molar-refractivity contribution in [3.8, 4) is 0 Å². The second-order valence-corrected chi connectivity index (χ2v) is 7.47. The molecule has 0 aromatic carbocycles. The lowest BCUT2D eigenvalue weighted by molar-refractivity contribution is -0.123. The van der Waals surface area contributed by atoms with E-state index >= 15 is 0 Å². The van der Waals surface area contributed by atoms with Gasteiger partial charge in [-0.2, -0.15) is 0 Å². The van der Waals surface area contributed by atoms with Gasteiger partial charge in [0.25, 0.3) is 0 Å². The SMILES string of the molecule is O=C(CN1CCN(c2ncc(Cl)cc2Cl)CC1)NC1CCCCC1. The van der Waals surface area contributed by atoms with E-state index < -0.39 is 0 Å². The second-order valence-electron chi connectivity index (χ2n) is 6.62. The van der Waals surface area contributed by atoms with Gasteiger partial charge in [0.2, 0.25) is 5.91 Å². The Hall–Kier alpha value is -1.04. The molecule has 1 N–H and O–H groups in total. The number of piperazine rings is 1. The van der Waals surface area contributed by atoms with E-state index in [2.05, 4.69) is 20.1 Å². The minimum absolute atomic E-state index is 0.151. The molecular weight excluding hydrogens is 347 g/mol. The van der Waals surface area contributed by atoms with Crippen LogP contribution >= 0.6 is 23.2 Å². The summed E-state index contributed by atoms with van der Waals surface area (Å²) in [5, 5.41) is 4.30. The molecule has 1 saturated carbocycles. The average Bonchev–Trinajstić information content (AvgIpc) is 2.57. The second kappa shape index (κ2) is 8.37. The summed E-state index contributed by atoms with van der Waals surface area (Å²) in [5.41, 5.74) is 0. The zero-order chi connectivity index (χ0) is 16.9. The van der Waals surface area contributed by atoms with E-state index in [-0.39, 0.29) is 5.91 Å². The number of hydrogen-bond acceptors (Lipinski definition) is 4. The molecule has 0 radical (unpaired) electrons. The van der Waals surface area contributed by atoms with E-state index in [1.165, 1.54) is 19.3 Å². The quantitative estimate of drug-likeness (QED) is 0.884. The number of carbonyl (C=O) groups excluding carboxylic acids is 1.